The summed E-state index contributed by atoms with van der Waals surface area (Å²) < 4.78 is 76.2. The number of nitrogens with one attached hydrogen (secondary N) is 2. The van der Waals surface area contributed by atoms with E-state index in [1.807, 2.05) is 6.92 Å². The first-order valence-corrected chi connectivity index (χ1v) is 13.7. The van der Waals surface area contributed by atoms with Crippen molar-refractivity contribution in [2.45, 2.75) is 69.4 Å². The fraction of sp³-hybridized carbons (Fsp3) is 0.600. The van der Waals surface area contributed by atoms with Gasteiger partial charge in [-0.25, -0.2) is 18.7 Å². The molecule has 4 atom stereocenters. The molecule has 218 valence electrons. The zero-order valence-corrected chi connectivity index (χ0v) is 22.4. The topological polar surface area (TPSA) is 117 Å². The Labute approximate surface area is 230 Å². The maximum atomic E-state index is 14.3. The fourth-order valence-electron chi connectivity index (χ4n) is 4.97. The van der Waals surface area contributed by atoms with Gasteiger partial charge < -0.3 is 25.4 Å². The average Bonchev–Trinajstić information content (AvgIpc) is 3.41. The molecule has 40 heavy (non-hydrogen) atoms. The molecule has 2 amide bonds. The first kappa shape index (κ1) is 28.6. The van der Waals surface area contributed by atoms with E-state index in [1.54, 1.807) is 0 Å². The first-order chi connectivity index (χ1) is 18.7. The van der Waals surface area contributed by atoms with Crippen LogP contribution in [-0.2, 0) is 10.9 Å². The van der Waals surface area contributed by atoms with Crippen molar-refractivity contribution in [1.29, 1.82) is 0 Å². The van der Waals surface area contributed by atoms with Gasteiger partial charge in [-0.05, 0) is 38.7 Å². The summed E-state index contributed by atoms with van der Waals surface area (Å²) in [7, 11) is 0. The number of nitrogens with zero attached hydrogens (tertiary/aromatic N) is 3. The molecule has 5 rings (SSSR count). The minimum Gasteiger partial charge on any atom is -0.388 e. The number of aliphatic hydroxyl groups is 1. The smallest absolute Gasteiger partial charge is 0.388 e. The monoisotopic (exact) mass is 589 g/mol. The molecule has 2 aromatic heterocycles. The summed E-state index contributed by atoms with van der Waals surface area (Å²) in [5.74, 6) is -4.70. The third kappa shape index (κ3) is 5.91. The zero-order valence-electron chi connectivity index (χ0n) is 21.6. The molecule has 2 saturated heterocycles. The highest BCUT2D eigenvalue weighted by Gasteiger charge is 2.47. The Hall–Kier alpha value is -2.91. The van der Waals surface area contributed by atoms with Gasteiger partial charge in [0.2, 0.25) is 0 Å². The van der Waals surface area contributed by atoms with Gasteiger partial charge in [0, 0.05) is 30.3 Å². The Morgan fingerprint density at radius 3 is 2.58 bits per heavy atom. The van der Waals surface area contributed by atoms with E-state index in [2.05, 4.69) is 20.6 Å². The molecule has 3 fully saturated rings. The van der Waals surface area contributed by atoms with Crippen LogP contribution in [0.15, 0.2) is 12.3 Å². The number of anilines is 1. The molecule has 15 heteroatoms. The predicted molar refractivity (Wildman–Crippen MR) is 134 cm³/mol. The number of halogens is 5. The van der Waals surface area contributed by atoms with Crippen molar-refractivity contribution < 1.29 is 41.4 Å². The molecule has 3 N–H and O–H groups in total. The second-order valence-electron chi connectivity index (χ2n) is 10.6. The Morgan fingerprint density at radius 2 is 2.00 bits per heavy atom. The number of ether oxygens (including phenoxy) is 1. The summed E-state index contributed by atoms with van der Waals surface area (Å²) in [6.07, 6.45) is -3.60. The van der Waals surface area contributed by atoms with Crippen molar-refractivity contribution in [2.24, 2.45) is 5.92 Å². The third-order valence-electron chi connectivity index (χ3n) is 7.34. The van der Waals surface area contributed by atoms with Crippen molar-refractivity contribution in [2.75, 3.05) is 25.1 Å². The lowest BCUT2D eigenvalue weighted by Crippen LogP contribution is -2.42. The van der Waals surface area contributed by atoms with Crippen LogP contribution in [0.3, 0.4) is 0 Å². The summed E-state index contributed by atoms with van der Waals surface area (Å²) in [5, 5.41) is 15.1. The van der Waals surface area contributed by atoms with Crippen LogP contribution in [0.5, 0.6) is 0 Å². The van der Waals surface area contributed by atoms with Gasteiger partial charge in [0.25, 0.3) is 17.7 Å². The second-order valence-corrected chi connectivity index (χ2v) is 11.6. The number of hydrogen-bond acceptors (Lipinski definition) is 8. The Balaban J connectivity index is 1.55. The maximum absolute atomic E-state index is 14.3. The quantitative estimate of drug-likeness (QED) is 0.421. The number of pyridine rings is 1. The summed E-state index contributed by atoms with van der Waals surface area (Å²) >= 11 is 0.517. The summed E-state index contributed by atoms with van der Waals surface area (Å²) in [6.45, 7) is 2.32. The van der Waals surface area contributed by atoms with Gasteiger partial charge >= 0.3 is 6.18 Å². The first-order valence-electron chi connectivity index (χ1n) is 12.8. The number of alkyl halides is 5. The molecule has 0 aromatic carbocycles. The maximum Gasteiger partial charge on any atom is 0.417 e. The van der Waals surface area contributed by atoms with Crippen LogP contribution < -0.4 is 10.6 Å². The number of carbonyl (C=O) groups is 2. The van der Waals surface area contributed by atoms with Gasteiger partial charge in [-0.2, -0.15) is 13.2 Å². The van der Waals surface area contributed by atoms with E-state index in [-0.39, 0.29) is 35.0 Å². The number of thiazole rings is 1. The lowest BCUT2D eigenvalue weighted by molar-refractivity contribution is -0.137. The van der Waals surface area contributed by atoms with E-state index in [0.29, 0.717) is 17.3 Å². The number of carbonyl (C=O) groups excluding carboxylic acids is 2. The average molecular weight is 590 g/mol. The van der Waals surface area contributed by atoms with E-state index < -0.39 is 71.9 Å². The molecule has 2 aromatic rings. The van der Waals surface area contributed by atoms with Crippen LogP contribution >= 0.6 is 11.3 Å². The molecule has 1 aliphatic carbocycles. The minimum absolute atomic E-state index is 0.00568. The van der Waals surface area contributed by atoms with E-state index in [0.717, 1.165) is 30.0 Å². The van der Waals surface area contributed by atoms with Crippen molar-refractivity contribution in [3.63, 3.8) is 0 Å². The van der Waals surface area contributed by atoms with Crippen LogP contribution in [0, 0.1) is 5.92 Å². The van der Waals surface area contributed by atoms with Gasteiger partial charge in [-0.15, -0.1) is 11.3 Å². The standard InChI is InChI=1S/C25H28F5N5O4S/c1-11-6-24(26,27)10-35(11)23(38)19-20(40-22(34-19)21(37)33-16-8-39-9-17(16)36)14-7-31-18(5-15(14)25(28,29)30)32-12(2)13-3-4-13/h5,7,11-13,16-17,36H,3-4,6,8-10H2,1-2H3,(H,31,32)(H,33,37)/t11-,12-,16+,17-/m0/s1. The van der Waals surface area contributed by atoms with Crippen LogP contribution in [0.2, 0.25) is 0 Å². The molecule has 0 spiro atoms. The lowest BCUT2D eigenvalue weighted by atomic mass is 10.1. The molecule has 1 saturated carbocycles. The molecule has 0 radical (unpaired) electrons. The molecule has 4 heterocycles. The Bertz CT molecular complexity index is 1300. The number of amides is 2. The van der Waals surface area contributed by atoms with Crippen LogP contribution in [0.4, 0.5) is 27.8 Å². The van der Waals surface area contributed by atoms with E-state index in [4.69, 9.17) is 4.74 Å². The highest BCUT2D eigenvalue weighted by atomic mass is 32.1. The predicted octanol–water partition coefficient (Wildman–Crippen LogP) is 3.79. The van der Waals surface area contributed by atoms with Gasteiger partial charge in [0.1, 0.15) is 11.5 Å². The van der Waals surface area contributed by atoms with Crippen molar-refractivity contribution in [1.82, 2.24) is 20.2 Å². The third-order valence-corrected chi connectivity index (χ3v) is 8.43. The summed E-state index contributed by atoms with van der Waals surface area (Å²) in [4.78, 5) is 35.1. The molecule has 9 nitrogen and oxygen atoms in total. The fourth-order valence-corrected chi connectivity index (χ4v) is 5.96. The SMILES string of the molecule is C[C@H](Nc1cc(C(F)(F)F)c(-c2sc(C(=O)N[C@@H]3COC[C@@H]3O)nc2C(=O)N2CC(F)(F)C[C@@H]2C)cn1)C1CC1. The summed E-state index contributed by atoms with van der Waals surface area (Å²) in [5.41, 5.74) is -2.17. The van der Waals surface area contributed by atoms with Crippen LogP contribution in [0.1, 0.15) is 59.0 Å². The number of rotatable bonds is 7. The minimum atomic E-state index is -4.87. The largest absolute Gasteiger partial charge is 0.417 e. The molecule has 3 aliphatic rings. The van der Waals surface area contributed by atoms with Gasteiger partial charge in [-0.3, -0.25) is 9.59 Å². The molecular weight excluding hydrogens is 561 g/mol. The van der Waals surface area contributed by atoms with E-state index in [9.17, 15) is 36.6 Å². The van der Waals surface area contributed by atoms with Gasteiger partial charge in [-0.1, -0.05) is 0 Å². The van der Waals surface area contributed by atoms with Crippen LogP contribution in [0.25, 0.3) is 10.4 Å². The number of aliphatic hydroxyl groups excluding tert-OH is 1. The highest BCUT2D eigenvalue weighted by molar-refractivity contribution is 7.17. The number of likely N-dealkylation sites (tertiary alicyclic amines) is 1. The Morgan fingerprint density at radius 1 is 1.27 bits per heavy atom. The van der Waals surface area contributed by atoms with Crippen molar-refractivity contribution >= 4 is 29.0 Å². The summed E-state index contributed by atoms with van der Waals surface area (Å²) in [6, 6.07) is -0.956. The Kier molecular flexibility index (Phi) is 7.50. The van der Waals surface area contributed by atoms with E-state index in [1.165, 1.54) is 6.92 Å². The van der Waals surface area contributed by atoms with Gasteiger partial charge in [0.05, 0.1) is 42.3 Å². The van der Waals surface area contributed by atoms with Gasteiger partial charge in [0.15, 0.2) is 5.01 Å². The van der Waals surface area contributed by atoms with Crippen molar-refractivity contribution in [3.8, 4) is 10.4 Å². The normalized spacial score (nSPS) is 25.2. The number of hydrogen-bond donors (Lipinski definition) is 3. The van der Waals surface area contributed by atoms with Crippen LogP contribution in [-0.4, -0.2) is 81.7 Å². The van der Waals surface area contributed by atoms with E-state index >= 15 is 0 Å². The molecule has 0 unspecified atom stereocenters. The van der Waals surface area contributed by atoms with Crippen molar-refractivity contribution in [3.05, 3.63) is 28.5 Å². The second kappa shape index (κ2) is 10.5. The number of aromatic nitrogens is 2. The molecular formula is C25H28F5N5O4S. The highest BCUT2D eigenvalue weighted by Crippen LogP contribution is 2.43. The zero-order chi connectivity index (χ0) is 29.0. The lowest BCUT2D eigenvalue weighted by Gasteiger charge is -2.21. The molecule has 0 bridgehead atoms. The molecule has 2 aliphatic heterocycles.